The van der Waals surface area contributed by atoms with Crippen LogP contribution in [0.25, 0.3) is 11.0 Å². The highest BCUT2D eigenvalue weighted by Gasteiger charge is 2.12. The first-order valence-electron chi connectivity index (χ1n) is 8.97. The Kier molecular flexibility index (Phi) is 5.04. The molecule has 140 valence electrons. The number of rotatable bonds is 5. The van der Waals surface area contributed by atoms with E-state index >= 15 is 0 Å². The van der Waals surface area contributed by atoms with Gasteiger partial charge in [0.2, 0.25) is 0 Å². The van der Waals surface area contributed by atoms with Crippen LogP contribution in [0.2, 0.25) is 0 Å². The number of nitrogens with one attached hydrogen (secondary N) is 1. The first-order chi connectivity index (χ1) is 13.6. The van der Waals surface area contributed by atoms with Gasteiger partial charge in [-0.3, -0.25) is 9.59 Å². The van der Waals surface area contributed by atoms with E-state index in [0.29, 0.717) is 35.4 Å². The van der Waals surface area contributed by atoms with E-state index < -0.39 is 0 Å². The fraction of sp³-hybridized carbons (Fsp3) is 0.136. The molecule has 4 aromatic rings. The van der Waals surface area contributed by atoms with Crippen molar-refractivity contribution in [2.75, 3.05) is 0 Å². The molecule has 0 radical (unpaired) electrons. The van der Waals surface area contributed by atoms with Gasteiger partial charge in [0.25, 0.3) is 11.5 Å². The van der Waals surface area contributed by atoms with Gasteiger partial charge in [-0.15, -0.1) is 11.3 Å². The highest BCUT2D eigenvalue weighted by Crippen LogP contribution is 2.16. The molecule has 4 rings (SSSR count). The van der Waals surface area contributed by atoms with Crippen molar-refractivity contribution < 1.29 is 4.79 Å². The molecule has 5 nitrogen and oxygen atoms in total. The van der Waals surface area contributed by atoms with Crippen LogP contribution in [0.15, 0.2) is 70.8 Å². The predicted octanol–water partition coefficient (Wildman–Crippen LogP) is 3.74. The summed E-state index contributed by atoms with van der Waals surface area (Å²) in [6, 6.07) is 19.0. The summed E-state index contributed by atoms with van der Waals surface area (Å²) in [5.74, 6) is -0.157. The van der Waals surface area contributed by atoms with Crippen molar-refractivity contribution in [1.29, 1.82) is 0 Å². The summed E-state index contributed by atoms with van der Waals surface area (Å²) in [5, 5.41) is 4.90. The maximum absolute atomic E-state index is 12.7. The summed E-state index contributed by atoms with van der Waals surface area (Å²) in [5.41, 5.74) is 3.21. The monoisotopic (exact) mass is 389 g/mol. The summed E-state index contributed by atoms with van der Waals surface area (Å²) < 4.78 is 1.71. The maximum Gasteiger partial charge on any atom is 0.272 e. The summed E-state index contributed by atoms with van der Waals surface area (Å²) in [6.45, 7) is 2.66. The SMILES string of the molecule is Cc1nc2cc(C(=O)NCc3cccs3)ccc2n(Cc2ccccc2)c1=O. The fourth-order valence-electron chi connectivity index (χ4n) is 3.12. The molecular formula is C22H19N3O2S. The Hall–Kier alpha value is -3.25. The summed E-state index contributed by atoms with van der Waals surface area (Å²) in [4.78, 5) is 30.7. The first kappa shape index (κ1) is 18.1. The lowest BCUT2D eigenvalue weighted by Gasteiger charge is -2.12. The van der Waals surface area contributed by atoms with E-state index in [9.17, 15) is 9.59 Å². The number of carbonyl (C=O) groups excluding carboxylic acids is 1. The number of carbonyl (C=O) groups is 1. The largest absolute Gasteiger partial charge is 0.347 e. The van der Waals surface area contributed by atoms with Crippen molar-refractivity contribution in [3.05, 3.63) is 98.1 Å². The van der Waals surface area contributed by atoms with Crippen LogP contribution in [0.3, 0.4) is 0 Å². The molecule has 0 aliphatic rings. The van der Waals surface area contributed by atoms with Crippen LogP contribution in [0.1, 0.15) is 26.5 Å². The molecule has 0 spiro atoms. The molecule has 2 aromatic carbocycles. The van der Waals surface area contributed by atoms with Gasteiger partial charge in [-0.2, -0.15) is 0 Å². The number of benzene rings is 2. The Morgan fingerprint density at radius 1 is 1.11 bits per heavy atom. The lowest BCUT2D eigenvalue weighted by Crippen LogP contribution is -2.25. The third kappa shape index (κ3) is 3.73. The molecule has 1 N–H and O–H groups in total. The standard InChI is InChI=1S/C22H19N3O2S/c1-15-22(27)25(14-16-6-3-2-4-7-16)20-10-9-17(12-19(20)24-15)21(26)23-13-18-8-5-11-28-18/h2-12H,13-14H2,1H3,(H,23,26). The van der Waals surface area contributed by atoms with Gasteiger partial charge in [-0.25, -0.2) is 4.98 Å². The van der Waals surface area contributed by atoms with Gasteiger partial charge in [-0.1, -0.05) is 36.4 Å². The second kappa shape index (κ2) is 7.78. The number of fused-ring (bicyclic) bond motifs is 1. The van der Waals surface area contributed by atoms with E-state index in [4.69, 9.17) is 0 Å². The second-order valence-electron chi connectivity index (χ2n) is 6.54. The van der Waals surface area contributed by atoms with E-state index in [1.807, 2.05) is 47.8 Å². The molecule has 0 atom stereocenters. The average molecular weight is 389 g/mol. The van der Waals surface area contributed by atoms with Crippen molar-refractivity contribution in [3.63, 3.8) is 0 Å². The van der Waals surface area contributed by atoms with Crippen LogP contribution in [-0.2, 0) is 13.1 Å². The fourth-order valence-corrected chi connectivity index (χ4v) is 3.77. The van der Waals surface area contributed by atoms with Gasteiger partial charge in [0.05, 0.1) is 24.1 Å². The molecular weight excluding hydrogens is 370 g/mol. The zero-order valence-corrected chi connectivity index (χ0v) is 16.2. The van der Waals surface area contributed by atoms with Crippen LogP contribution in [0.5, 0.6) is 0 Å². The Bertz CT molecular complexity index is 1180. The third-order valence-electron chi connectivity index (χ3n) is 4.56. The van der Waals surface area contributed by atoms with Crippen molar-refractivity contribution in [1.82, 2.24) is 14.9 Å². The number of hydrogen-bond donors (Lipinski definition) is 1. The molecule has 1 amide bonds. The van der Waals surface area contributed by atoms with Gasteiger partial charge < -0.3 is 9.88 Å². The lowest BCUT2D eigenvalue weighted by atomic mass is 10.1. The van der Waals surface area contributed by atoms with Gasteiger partial charge in [0, 0.05) is 10.4 Å². The number of aromatic nitrogens is 2. The van der Waals surface area contributed by atoms with Crippen LogP contribution in [-0.4, -0.2) is 15.5 Å². The molecule has 0 saturated carbocycles. The molecule has 0 fully saturated rings. The molecule has 0 bridgehead atoms. The minimum absolute atomic E-state index is 0.119. The van der Waals surface area contributed by atoms with Gasteiger partial charge in [0.15, 0.2) is 0 Å². The van der Waals surface area contributed by atoms with Crippen LogP contribution in [0, 0.1) is 6.92 Å². The Morgan fingerprint density at radius 3 is 2.68 bits per heavy atom. The molecule has 0 aliphatic carbocycles. The van der Waals surface area contributed by atoms with Gasteiger partial charge >= 0.3 is 0 Å². The molecule has 2 heterocycles. The predicted molar refractivity (Wildman–Crippen MR) is 112 cm³/mol. The van der Waals surface area contributed by atoms with Crippen molar-refractivity contribution in [3.8, 4) is 0 Å². The summed E-state index contributed by atoms with van der Waals surface area (Å²) in [7, 11) is 0. The average Bonchev–Trinajstić information content (AvgIpc) is 3.23. The highest BCUT2D eigenvalue weighted by molar-refractivity contribution is 7.09. The molecule has 0 unspecified atom stereocenters. The number of thiophene rings is 1. The Morgan fingerprint density at radius 2 is 1.93 bits per heavy atom. The molecule has 0 saturated heterocycles. The van der Waals surface area contributed by atoms with Crippen LogP contribution in [0.4, 0.5) is 0 Å². The Balaban J connectivity index is 1.67. The van der Waals surface area contributed by atoms with Crippen molar-refractivity contribution >= 4 is 28.3 Å². The second-order valence-corrected chi connectivity index (χ2v) is 7.57. The smallest absolute Gasteiger partial charge is 0.272 e. The quantitative estimate of drug-likeness (QED) is 0.565. The van der Waals surface area contributed by atoms with Crippen molar-refractivity contribution in [2.45, 2.75) is 20.0 Å². The molecule has 0 aliphatic heterocycles. The Labute approximate surface area is 166 Å². The first-order valence-corrected chi connectivity index (χ1v) is 9.85. The lowest BCUT2D eigenvalue weighted by molar-refractivity contribution is 0.0951. The third-order valence-corrected chi connectivity index (χ3v) is 5.43. The normalized spacial score (nSPS) is 10.9. The number of hydrogen-bond acceptors (Lipinski definition) is 4. The number of amides is 1. The minimum atomic E-state index is -0.157. The maximum atomic E-state index is 12.7. The topological polar surface area (TPSA) is 64.0 Å². The molecule has 28 heavy (non-hydrogen) atoms. The van der Waals surface area contributed by atoms with E-state index in [1.54, 1.807) is 41.0 Å². The van der Waals surface area contributed by atoms with Crippen molar-refractivity contribution in [2.24, 2.45) is 0 Å². The van der Waals surface area contributed by atoms with E-state index in [1.165, 1.54) is 0 Å². The zero-order valence-electron chi connectivity index (χ0n) is 15.4. The zero-order chi connectivity index (χ0) is 19.5. The highest BCUT2D eigenvalue weighted by atomic mass is 32.1. The van der Waals surface area contributed by atoms with E-state index in [0.717, 1.165) is 10.4 Å². The van der Waals surface area contributed by atoms with E-state index in [-0.39, 0.29) is 11.5 Å². The number of aryl methyl sites for hydroxylation is 1. The van der Waals surface area contributed by atoms with Gasteiger partial charge in [0.1, 0.15) is 5.69 Å². The van der Waals surface area contributed by atoms with Crippen LogP contribution >= 0.6 is 11.3 Å². The minimum Gasteiger partial charge on any atom is -0.347 e. The van der Waals surface area contributed by atoms with Crippen LogP contribution < -0.4 is 10.9 Å². The summed E-state index contributed by atoms with van der Waals surface area (Å²) >= 11 is 1.60. The van der Waals surface area contributed by atoms with Gasteiger partial charge in [-0.05, 0) is 42.1 Å². The summed E-state index contributed by atoms with van der Waals surface area (Å²) in [6.07, 6.45) is 0. The molecule has 2 aromatic heterocycles. The molecule has 6 heteroatoms. The number of nitrogens with zero attached hydrogens (tertiary/aromatic N) is 2. The van der Waals surface area contributed by atoms with E-state index in [2.05, 4.69) is 10.3 Å².